The summed E-state index contributed by atoms with van der Waals surface area (Å²) >= 11 is 14.7. The van der Waals surface area contributed by atoms with Gasteiger partial charge in [0, 0.05) is 29.3 Å². The van der Waals surface area contributed by atoms with Crippen molar-refractivity contribution in [2.24, 2.45) is 0 Å². The molecule has 0 aliphatic carbocycles. The summed E-state index contributed by atoms with van der Waals surface area (Å²) in [6, 6.07) is 9.07. The van der Waals surface area contributed by atoms with Gasteiger partial charge in [-0.3, -0.25) is 4.79 Å². The summed E-state index contributed by atoms with van der Waals surface area (Å²) in [6.07, 6.45) is 0.503. The molecule has 0 spiro atoms. The minimum Gasteiger partial charge on any atom is -0.497 e. The minimum absolute atomic E-state index is 0.185. The summed E-state index contributed by atoms with van der Waals surface area (Å²) in [4.78, 5) is 21.0. The number of methoxy groups -OCH3 is 1. The predicted molar refractivity (Wildman–Crippen MR) is 119 cm³/mol. The fraction of sp³-hybridized carbons (Fsp3) is 0.158. The average Bonchev–Trinajstić information content (AvgIpc) is 3.47. The van der Waals surface area contributed by atoms with Crippen LogP contribution in [-0.4, -0.2) is 28.1 Å². The van der Waals surface area contributed by atoms with Crippen LogP contribution in [0.5, 0.6) is 5.75 Å². The van der Waals surface area contributed by atoms with Crippen molar-refractivity contribution in [2.45, 2.75) is 12.8 Å². The zero-order chi connectivity index (χ0) is 21.1. The van der Waals surface area contributed by atoms with E-state index >= 15 is 0 Å². The van der Waals surface area contributed by atoms with Crippen molar-refractivity contribution in [3.05, 3.63) is 50.3 Å². The third-order valence-electron chi connectivity index (χ3n) is 4.07. The Labute approximate surface area is 189 Å². The van der Waals surface area contributed by atoms with Crippen molar-refractivity contribution in [2.75, 3.05) is 12.4 Å². The molecule has 1 aromatic carbocycles. The number of hydrogen-bond donors (Lipinski definition) is 1. The highest BCUT2D eigenvalue weighted by atomic mass is 35.5. The molecule has 4 aromatic rings. The van der Waals surface area contributed by atoms with Gasteiger partial charge in [0.15, 0.2) is 5.13 Å². The number of benzene rings is 1. The number of anilines is 1. The van der Waals surface area contributed by atoms with E-state index in [0.29, 0.717) is 37.6 Å². The molecule has 30 heavy (non-hydrogen) atoms. The topological polar surface area (TPSA) is 90.1 Å². The first kappa shape index (κ1) is 20.8. The lowest BCUT2D eigenvalue weighted by Crippen LogP contribution is -2.12. The van der Waals surface area contributed by atoms with Crippen LogP contribution in [0.15, 0.2) is 40.2 Å². The number of thiazole rings is 1. The quantitative estimate of drug-likeness (QED) is 0.358. The number of thiophene rings is 1. The number of carbonyl (C=O) groups is 1. The van der Waals surface area contributed by atoms with E-state index in [1.807, 2.05) is 29.6 Å². The van der Waals surface area contributed by atoms with Crippen LogP contribution in [0.25, 0.3) is 22.6 Å². The Bertz CT molecular complexity index is 1170. The molecule has 11 heteroatoms. The monoisotopic (exact) mass is 480 g/mol. The molecule has 0 atom stereocenters. The first-order valence-electron chi connectivity index (χ1n) is 8.69. The molecule has 0 fully saturated rings. The van der Waals surface area contributed by atoms with Gasteiger partial charge in [0.2, 0.25) is 17.6 Å². The van der Waals surface area contributed by atoms with Gasteiger partial charge < -0.3 is 14.6 Å². The molecule has 3 heterocycles. The second-order valence-corrected chi connectivity index (χ2v) is 9.21. The van der Waals surface area contributed by atoms with Gasteiger partial charge in [0.25, 0.3) is 0 Å². The molecule has 154 valence electrons. The summed E-state index contributed by atoms with van der Waals surface area (Å²) in [5.41, 5.74) is 2.22. The van der Waals surface area contributed by atoms with Gasteiger partial charge in [-0.1, -0.05) is 28.4 Å². The third kappa shape index (κ3) is 4.81. The van der Waals surface area contributed by atoms with E-state index in [9.17, 15) is 4.79 Å². The Balaban J connectivity index is 1.33. The smallest absolute Gasteiger partial charge is 0.227 e. The van der Waals surface area contributed by atoms with Crippen LogP contribution in [0.1, 0.15) is 12.3 Å². The second kappa shape index (κ2) is 9.13. The number of nitrogens with zero attached hydrogens (tertiary/aromatic N) is 3. The van der Waals surface area contributed by atoms with Gasteiger partial charge >= 0.3 is 0 Å². The number of ether oxygens (including phenoxy) is 1. The molecule has 7 nitrogen and oxygen atoms in total. The van der Waals surface area contributed by atoms with Gasteiger partial charge in [0.05, 0.1) is 17.1 Å². The number of rotatable bonds is 7. The van der Waals surface area contributed by atoms with E-state index in [2.05, 4.69) is 20.4 Å². The molecule has 1 N–H and O–H groups in total. The average molecular weight is 481 g/mol. The third-order valence-corrected chi connectivity index (χ3v) is 6.31. The molecule has 4 rings (SSSR count). The maximum Gasteiger partial charge on any atom is 0.227 e. The molecule has 0 saturated carbocycles. The van der Waals surface area contributed by atoms with Crippen LogP contribution >= 0.6 is 45.9 Å². The molecule has 3 aromatic heterocycles. The Kier molecular flexibility index (Phi) is 6.33. The lowest BCUT2D eigenvalue weighted by molar-refractivity contribution is -0.116. The Hall–Kier alpha value is -2.46. The van der Waals surface area contributed by atoms with Crippen molar-refractivity contribution in [3.63, 3.8) is 0 Å². The predicted octanol–water partition coefficient (Wildman–Crippen LogP) is 5.81. The first-order chi connectivity index (χ1) is 14.5. The molecule has 0 radical (unpaired) electrons. The molecule has 1 amide bonds. The molecule has 0 bridgehead atoms. The van der Waals surface area contributed by atoms with E-state index in [-0.39, 0.29) is 12.3 Å². The lowest BCUT2D eigenvalue weighted by Gasteiger charge is -1.99. The first-order valence-corrected chi connectivity index (χ1v) is 11.1. The molecule has 0 aliphatic rings. The van der Waals surface area contributed by atoms with E-state index in [1.54, 1.807) is 13.2 Å². The highest BCUT2D eigenvalue weighted by molar-refractivity contribution is 7.20. The molecular formula is C19H14Cl2N4O3S2. The van der Waals surface area contributed by atoms with Gasteiger partial charge in [-0.25, -0.2) is 4.98 Å². The van der Waals surface area contributed by atoms with Crippen LogP contribution in [0.2, 0.25) is 8.67 Å². The van der Waals surface area contributed by atoms with Gasteiger partial charge in [-0.2, -0.15) is 4.98 Å². The highest BCUT2D eigenvalue weighted by Crippen LogP contribution is 2.39. The summed E-state index contributed by atoms with van der Waals surface area (Å²) in [5.74, 6) is 1.39. The largest absolute Gasteiger partial charge is 0.497 e. The maximum atomic E-state index is 12.3. The van der Waals surface area contributed by atoms with Gasteiger partial charge in [0.1, 0.15) is 10.1 Å². The second-order valence-electron chi connectivity index (χ2n) is 6.06. The summed E-state index contributed by atoms with van der Waals surface area (Å²) in [5, 5.41) is 9.03. The number of amides is 1. The number of carbonyl (C=O) groups excluding carboxylic acids is 1. The Morgan fingerprint density at radius 1 is 1.23 bits per heavy atom. The number of hydrogen-bond acceptors (Lipinski definition) is 8. The van der Waals surface area contributed by atoms with Crippen molar-refractivity contribution < 1.29 is 14.1 Å². The van der Waals surface area contributed by atoms with Crippen molar-refractivity contribution >= 4 is 56.9 Å². The van der Waals surface area contributed by atoms with E-state index < -0.39 is 0 Å². The lowest BCUT2D eigenvalue weighted by atomic mass is 10.2. The zero-order valence-electron chi connectivity index (χ0n) is 15.5. The number of aryl methyl sites for hydroxylation is 1. The van der Waals surface area contributed by atoms with Crippen LogP contribution in [0, 0.1) is 0 Å². The maximum absolute atomic E-state index is 12.3. The van der Waals surface area contributed by atoms with E-state index in [1.165, 1.54) is 22.7 Å². The van der Waals surface area contributed by atoms with Crippen LogP contribution in [0.4, 0.5) is 5.13 Å². The summed E-state index contributed by atoms with van der Waals surface area (Å²) in [6.45, 7) is 0. The molecule has 0 aliphatic heterocycles. The van der Waals surface area contributed by atoms with Crippen molar-refractivity contribution in [3.8, 4) is 28.4 Å². The fourth-order valence-electron chi connectivity index (χ4n) is 2.59. The minimum atomic E-state index is -0.199. The SMILES string of the molecule is COc1ccc(-c2noc(CCC(=O)Nc3nc(-c4cc(Cl)sc4Cl)cs3)n2)cc1. The molecular weight excluding hydrogens is 467 g/mol. The molecule has 0 saturated heterocycles. The Morgan fingerprint density at radius 3 is 2.73 bits per heavy atom. The van der Waals surface area contributed by atoms with E-state index in [4.69, 9.17) is 32.5 Å². The number of nitrogens with one attached hydrogen (secondary N) is 1. The van der Waals surface area contributed by atoms with E-state index in [0.717, 1.165) is 16.9 Å². The van der Waals surface area contributed by atoms with Crippen molar-refractivity contribution in [1.82, 2.24) is 15.1 Å². The standard InChI is InChI=1S/C19H14Cl2N4O3S2/c1-27-11-4-2-10(3-5-11)18-24-16(28-25-18)7-6-15(26)23-19-22-13(9-29-19)12-8-14(20)30-17(12)21/h2-5,8-9H,6-7H2,1H3,(H,22,23,26). The fourth-order valence-corrected chi connectivity index (χ4v) is 4.79. The number of halogens is 2. The Morgan fingerprint density at radius 2 is 2.03 bits per heavy atom. The van der Waals surface area contributed by atoms with Gasteiger partial charge in [-0.05, 0) is 30.3 Å². The van der Waals surface area contributed by atoms with Crippen molar-refractivity contribution in [1.29, 1.82) is 0 Å². The number of aromatic nitrogens is 3. The van der Waals surface area contributed by atoms with Crippen LogP contribution < -0.4 is 10.1 Å². The normalized spacial score (nSPS) is 10.9. The zero-order valence-corrected chi connectivity index (χ0v) is 18.7. The summed E-state index contributed by atoms with van der Waals surface area (Å²) < 4.78 is 11.5. The molecule has 0 unspecified atom stereocenters. The summed E-state index contributed by atoms with van der Waals surface area (Å²) in [7, 11) is 1.60. The van der Waals surface area contributed by atoms with Crippen LogP contribution in [-0.2, 0) is 11.2 Å². The van der Waals surface area contributed by atoms with Gasteiger partial charge in [-0.15, -0.1) is 22.7 Å². The highest BCUT2D eigenvalue weighted by Gasteiger charge is 2.15. The van der Waals surface area contributed by atoms with Crippen LogP contribution in [0.3, 0.4) is 0 Å².